The molecular formula is C29H27N9O3. The first-order valence-electron chi connectivity index (χ1n) is 13.3. The Hall–Kier alpha value is -4.97. The van der Waals surface area contributed by atoms with E-state index < -0.39 is 0 Å². The zero-order valence-electron chi connectivity index (χ0n) is 22.6. The molecule has 1 unspecified atom stereocenters. The van der Waals surface area contributed by atoms with Gasteiger partial charge in [0, 0.05) is 56.0 Å². The van der Waals surface area contributed by atoms with E-state index in [-0.39, 0.29) is 23.3 Å². The van der Waals surface area contributed by atoms with Crippen molar-refractivity contribution in [2.24, 2.45) is 12.5 Å². The fraction of sp³-hybridized carbons (Fsp3) is 0.276. The van der Waals surface area contributed by atoms with E-state index in [1.165, 1.54) is 11.7 Å². The number of aromatic nitrogens is 6. The van der Waals surface area contributed by atoms with Crippen molar-refractivity contribution in [3.8, 4) is 11.5 Å². The van der Waals surface area contributed by atoms with Crippen LogP contribution < -0.4 is 5.32 Å². The van der Waals surface area contributed by atoms with Gasteiger partial charge in [-0.3, -0.25) is 19.5 Å². The molecule has 12 nitrogen and oxygen atoms in total. The van der Waals surface area contributed by atoms with Gasteiger partial charge >= 0.3 is 0 Å². The normalized spacial score (nSPS) is 16.8. The summed E-state index contributed by atoms with van der Waals surface area (Å²) in [4.78, 5) is 39.3. The number of nitrogens with zero attached hydrogens (tertiary/aromatic N) is 8. The number of carbonyl (C=O) groups is 2. The van der Waals surface area contributed by atoms with Crippen LogP contribution in [0.5, 0.6) is 0 Å². The Bertz CT molecular complexity index is 1770. The predicted molar refractivity (Wildman–Crippen MR) is 149 cm³/mol. The molecule has 2 saturated heterocycles. The quantitative estimate of drug-likeness (QED) is 0.339. The highest BCUT2D eigenvalue weighted by atomic mass is 16.3. The van der Waals surface area contributed by atoms with Crippen LogP contribution in [-0.4, -0.2) is 78.0 Å². The Labute approximate surface area is 235 Å². The number of anilines is 1. The summed E-state index contributed by atoms with van der Waals surface area (Å²) in [5.41, 5.74) is 4.01. The van der Waals surface area contributed by atoms with E-state index in [4.69, 9.17) is 4.42 Å². The number of tetrazole rings is 1. The first-order chi connectivity index (χ1) is 19.9. The van der Waals surface area contributed by atoms with Crippen LogP contribution in [0.1, 0.15) is 34.8 Å². The third-order valence-electron chi connectivity index (χ3n) is 7.60. The molecule has 1 N–H and O–H groups in total. The van der Waals surface area contributed by atoms with Gasteiger partial charge in [-0.05, 0) is 41.1 Å². The number of likely N-dealkylation sites (tertiary alicyclic amines) is 2. The van der Waals surface area contributed by atoms with Crippen molar-refractivity contribution in [3.05, 3.63) is 83.9 Å². The largest absolute Gasteiger partial charge is 0.436 e. The summed E-state index contributed by atoms with van der Waals surface area (Å²) in [7, 11) is 1.77. The van der Waals surface area contributed by atoms with Crippen molar-refractivity contribution in [2.75, 3.05) is 31.5 Å². The van der Waals surface area contributed by atoms with Crippen LogP contribution in [0.25, 0.3) is 22.6 Å². The highest BCUT2D eigenvalue weighted by molar-refractivity contribution is 5.94. The Morgan fingerprint density at radius 3 is 2.56 bits per heavy atom. The average Bonchev–Trinajstić information content (AvgIpc) is 3.55. The lowest BCUT2D eigenvalue weighted by atomic mass is 9.71. The molecule has 0 saturated carbocycles. The van der Waals surface area contributed by atoms with E-state index in [1.807, 2.05) is 23.1 Å². The lowest BCUT2D eigenvalue weighted by molar-refractivity contribution is -0.114. The first kappa shape index (κ1) is 25.0. The lowest BCUT2D eigenvalue weighted by Gasteiger charge is -2.61. The molecule has 0 bridgehead atoms. The average molecular weight is 550 g/mol. The molecule has 2 aliphatic heterocycles. The number of carbonyl (C=O) groups excluding carboxylic acids is 2. The van der Waals surface area contributed by atoms with Crippen molar-refractivity contribution in [2.45, 2.75) is 13.0 Å². The smallest absolute Gasteiger partial charge is 0.272 e. The maximum Gasteiger partial charge on any atom is 0.272 e. The van der Waals surface area contributed by atoms with E-state index in [9.17, 15) is 9.59 Å². The number of nitrogens with one attached hydrogen (secondary N) is 1. The van der Waals surface area contributed by atoms with Crippen LogP contribution in [-0.2, 0) is 11.8 Å². The van der Waals surface area contributed by atoms with Gasteiger partial charge in [0.05, 0.1) is 13.1 Å². The third kappa shape index (κ3) is 4.61. The van der Waals surface area contributed by atoms with E-state index in [2.05, 4.69) is 47.7 Å². The van der Waals surface area contributed by atoms with Gasteiger partial charge < -0.3 is 14.6 Å². The zero-order chi connectivity index (χ0) is 28.1. The number of aryl methyl sites for hydroxylation is 1. The number of hydrogen-bond acceptors (Lipinski definition) is 9. The van der Waals surface area contributed by atoms with Crippen LogP contribution in [0, 0.1) is 5.41 Å². The molecule has 5 aromatic rings. The number of fused-ring (bicyclic) bond motifs is 1. The molecule has 5 heterocycles. The highest BCUT2D eigenvalue weighted by Crippen LogP contribution is 2.45. The molecule has 7 rings (SSSR count). The van der Waals surface area contributed by atoms with Gasteiger partial charge in [-0.2, -0.15) is 4.80 Å². The number of amides is 2. The molecule has 41 heavy (non-hydrogen) atoms. The molecule has 0 aliphatic carbocycles. The van der Waals surface area contributed by atoms with Gasteiger partial charge in [-0.1, -0.05) is 30.3 Å². The molecule has 2 amide bonds. The molecule has 1 spiro atoms. The van der Waals surface area contributed by atoms with E-state index in [0.717, 1.165) is 18.7 Å². The molecule has 12 heteroatoms. The van der Waals surface area contributed by atoms with Crippen LogP contribution in [0.3, 0.4) is 0 Å². The fourth-order valence-electron chi connectivity index (χ4n) is 5.85. The van der Waals surface area contributed by atoms with Crippen LogP contribution in [0.4, 0.5) is 5.69 Å². The first-order valence-corrected chi connectivity index (χ1v) is 13.3. The number of pyridine rings is 1. The minimum atomic E-state index is -0.161. The number of hydrogen-bond donors (Lipinski definition) is 1. The van der Waals surface area contributed by atoms with Crippen molar-refractivity contribution < 1.29 is 14.0 Å². The van der Waals surface area contributed by atoms with E-state index in [1.54, 1.807) is 43.6 Å². The summed E-state index contributed by atoms with van der Waals surface area (Å²) in [5, 5.41) is 15.6. The topological polar surface area (TPSA) is 135 Å². The molecule has 2 aliphatic rings. The van der Waals surface area contributed by atoms with Gasteiger partial charge in [0.25, 0.3) is 5.91 Å². The van der Waals surface area contributed by atoms with Gasteiger partial charge in [0.15, 0.2) is 11.4 Å². The second-order valence-electron chi connectivity index (χ2n) is 10.8. The lowest BCUT2D eigenvalue weighted by Crippen LogP contribution is -2.73. The monoisotopic (exact) mass is 549 g/mol. The summed E-state index contributed by atoms with van der Waals surface area (Å²) in [6.07, 6.45) is 1.60. The van der Waals surface area contributed by atoms with Crippen LogP contribution >= 0.6 is 0 Å². The Kier molecular flexibility index (Phi) is 5.86. The third-order valence-corrected chi connectivity index (χ3v) is 7.60. The number of benzene rings is 2. The predicted octanol–water partition coefficient (Wildman–Crippen LogP) is 2.92. The summed E-state index contributed by atoms with van der Waals surface area (Å²) in [6.45, 7) is 4.46. The van der Waals surface area contributed by atoms with Crippen molar-refractivity contribution in [1.29, 1.82) is 0 Å². The van der Waals surface area contributed by atoms with Gasteiger partial charge in [0.1, 0.15) is 11.2 Å². The number of rotatable bonds is 6. The standard InChI is InChI=1S/C29H27N9O3/c1-18(39)31-21-8-9-24-22(13-21)32-27(41-24)20-10-11-30-23(12-20)28(40)38-16-29(17-38)14-37(15-29)25(19-6-4-3-5-7-19)26-33-35-36(2)34-26/h3-13,25H,14-17H2,1-2H3,(H,31,39). The second kappa shape index (κ2) is 9.59. The van der Waals surface area contributed by atoms with Gasteiger partial charge in [-0.25, -0.2) is 4.98 Å². The molecule has 1 atom stereocenters. The van der Waals surface area contributed by atoms with E-state index >= 15 is 0 Å². The summed E-state index contributed by atoms with van der Waals surface area (Å²) in [6, 6.07) is 18.9. The maximum atomic E-state index is 13.3. The van der Waals surface area contributed by atoms with Crippen LogP contribution in [0.15, 0.2) is 71.3 Å². The van der Waals surface area contributed by atoms with Crippen molar-refractivity contribution in [1.82, 2.24) is 40.0 Å². The summed E-state index contributed by atoms with van der Waals surface area (Å²) in [5.74, 6) is 0.782. The summed E-state index contributed by atoms with van der Waals surface area (Å²) < 4.78 is 5.92. The fourth-order valence-corrected chi connectivity index (χ4v) is 5.85. The van der Waals surface area contributed by atoms with Crippen molar-refractivity contribution in [3.63, 3.8) is 0 Å². The second-order valence-corrected chi connectivity index (χ2v) is 10.8. The molecule has 2 aromatic carbocycles. The Balaban J connectivity index is 1.03. The molecular weight excluding hydrogens is 522 g/mol. The molecule has 2 fully saturated rings. The van der Waals surface area contributed by atoms with Gasteiger partial charge in [-0.15, -0.1) is 10.2 Å². The Morgan fingerprint density at radius 2 is 1.83 bits per heavy atom. The molecule has 3 aromatic heterocycles. The molecule has 0 radical (unpaired) electrons. The van der Waals surface area contributed by atoms with Crippen molar-refractivity contribution >= 4 is 28.6 Å². The molecule has 206 valence electrons. The van der Waals surface area contributed by atoms with E-state index in [0.29, 0.717) is 52.8 Å². The highest BCUT2D eigenvalue weighted by Gasteiger charge is 2.55. The van der Waals surface area contributed by atoms with Crippen LogP contribution in [0.2, 0.25) is 0 Å². The Morgan fingerprint density at radius 1 is 1.02 bits per heavy atom. The number of oxazole rings is 1. The minimum absolute atomic E-state index is 0.0500. The SMILES string of the molecule is CC(=O)Nc1ccc2oc(-c3ccnc(C(=O)N4CC5(C4)CN(C(c4ccccc4)c4nnn(C)n4)C5)c3)nc2c1. The zero-order valence-corrected chi connectivity index (χ0v) is 22.6. The maximum absolute atomic E-state index is 13.3. The van der Waals surface area contributed by atoms with Gasteiger partial charge in [0.2, 0.25) is 11.8 Å². The summed E-state index contributed by atoms with van der Waals surface area (Å²) >= 11 is 0. The minimum Gasteiger partial charge on any atom is -0.436 e.